The lowest BCUT2D eigenvalue weighted by Crippen LogP contribution is -2.19. The van der Waals surface area contributed by atoms with E-state index in [-0.39, 0.29) is 10.2 Å². The van der Waals surface area contributed by atoms with Crippen LogP contribution in [0.25, 0.3) is 0 Å². The van der Waals surface area contributed by atoms with Crippen LogP contribution in [0.1, 0.15) is 0 Å². The van der Waals surface area contributed by atoms with Crippen molar-refractivity contribution >= 4 is 21.6 Å². The molecule has 0 aromatic carbocycles. The van der Waals surface area contributed by atoms with Gasteiger partial charge in [0.2, 0.25) is 5.03 Å². The van der Waals surface area contributed by atoms with Crippen molar-refractivity contribution in [2.75, 3.05) is 7.05 Å². The summed E-state index contributed by atoms with van der Waals surface area (Å²) in [4.78, 5) is 3.64. The van der Waals surface area contributed by atoms with Gasteiger partial charge in [0.1, 0.15) is 5.15 Å². The molecule has 12 heavy (non-hydrogen) atoms. The molecule has 1 N–H and O–H groups in total. The summed E-state index contributed by atoms with van der Waals surface area (Å²) < 4.78 is 25.9. The molecule has 0 bridgehead atoms. The number of nitrogens with zero attached hydrogens (tertiary/aromatic N) is 2. The molecule has 1 aromatic rings. The summed E-state index contributed by atoms with van der Waals surface area (Å²) in [6.45, 7) is 0. The second-order valence-corrected chi connectivity index (χ2v) is 4.32. The van der Waals surface area contributed by atoms with Gasteiger partial charge in [0.05, 0.1) is 6.33 Å². The fraction of sp³-hybridized carbons (Fsp3) is 0.400. The van der Waals surface area contributed by atoms with Crippen molar-refractivity contribution in [2.45, 2.75) is 5.03 Å². The fourth-order valence-corrected chi connectivity index (χ4v) is 1.81. The molecule has 0 saturated heterocycles. The van der Waals surface area contributed by atoms with Crippen LogP contribution in [-0.2, 0) is 17.1 Å². The number of aryl methyl sites for hydroxylation is 1. The normalized spacial score (nSPS) is 11.9. The van der Waals surface area contributed by atoms with Gasteiger partial charge < -0.3 is 4.57 Å². The minimum absolute atomic E-state index is 0.101. The second kappa shape index (κ2) is 3.04. The summed E-state index contributed by atoms with van der Waals surface area (Å²) in [5.74, 6) is 0. The first-order valence-electron chi connectivity index (χ1n) is 3.09. The Morgan fingerprint density at radius 2 is 2.25 bits per heavy atom. The summed E-state index contributed by atoms with van der Waals surface area (Å²) in [5.41, 5.74) is 0. The van der Waals surface area contributed by atoms with Crippen molar-refractivity contribution in [1.29, 1.82) is 0 Å². The molecule has 0 saturated carbocycles. The highest BCUT2D eigenvalue weighted by Crippen LogP contribution is 2.17. The Bertz CT molecular complexity index is 383. The minimum atomic E-state index is -3.52. The first-order valence-corrected chi connectivity index (χ1v) is 4.95. The van der Waals surface area contributed by atoms with Gasteiger partial charge in [0, 0.05) is 7.05 Å². The molecule has 0 aliphatic carbocycles. The van der Waals surface area contributed by atoms with Crippen molar-refractivity contribution in [3.05, 3.63) is 11.5 Å². The van der Waals surface area contributed by atoms with Gasteiger partial charge in [-0.1, -0.05) is 11.6 Å². The molecule has 1 rings (SSSR count). The first kappa shape index (κ1) is 9.50. The molecule has 0 atom stereocenters. The van der Waals surface area contributed by atoms with E-state index in [9.17, 15) is 8.42 Å². The lowest BCUT2D eigenvalue weighted by molar-refractivity contribution is 0.585. The van der Waals surface area contributed by atoms with E-state index < -0.39 is 10.0 Å². The van der Waals surface area contributed by atoms with Crippen molar-refractivity contribution < 1.29 is 8.42 Å². The average molecular weight is 210 g/mol. The van der Waals surface area contributed by atoms with Crippen LogP contribution in [0.3, 0.4) is 0 Å². The lowest BCUT2D eigenvalue weighted by atomic mass is 10.9. The Morgan fingerprint density at radius 3 is 2.58 bits per heavy atom. The number of hydrogen-bond acceptors (Lipinski definition) is 3. The molecule has 1 aromatic heterocycles. The predicted molar refractivity (Wildman–Crippen MR) is 44.5 cm³/mol. The zero-order valence-corrected chi connectivity index (χ0v) is 8.15. The Kier molecular flexibility index (Phi) is 2.41. The van der Waals surface area contributed by atoms with Gasteiger partial charge in [-0.25, -0.2) is 18.1 Å². The molecule has 0 fully saturated rings. The largest absolute Gasteiger partial charge is 0.324 e. The fourth-order valence-electron chi connectivity index (χ4n) is 0.671. The topological polar surface area (TPSA) is 64.0 Å². The maximum atomic E-state index is 11.2. The highest BCUT2D eigenvalue weighted by molar-refractivity contribution is 7.89. The number of halogens is 1. The van der Waals surface area contributed by atoms with Crippen LogP contribution in [0.5, 0.6) is 0 Å². The van der Waals surface area contributed by atoms with Gasteiger partial charge in [0.15, 0.2) is 0 Å². The maximum absolute atomic E-state index is 11.2. The number of nitrogens with one attached hydrogen (secondary N) is 1. The van der Waals surface area contributed by atoms with Gasteiger partial charge in [-0.05, 0) is 7.05 Å². The van der Waals surface area contributed by atoms with E-state index in [0.717, 1.165) is 0 Å². The molecule has 0 unspecified atom stereocenters. The Labute approximate surface area is 75.4 Å². The summed E-state index contributed by atoms with van der Waals surface area (Å²) in [6, 6.07) is 0. The summed E-state index contributed by atoms with van der Waals surface area (Å²) in [7, 11) is -0.601. The first-order chi connectivity index (χ1) is 5.49. The van der Waals surface area contributed by atoms with Crippen LogP contribution >= 0.6 is 11.6 Å². The number of aromatic nitrogens is 2. The molecule has 0 amide bonds. The highest BCUT2D eigenvalue weighted by atomic mass is 35.5. The monoisotopic (exact) mass is 209 g/mol. The molecule has 0 radical (unpaired) electrons. The molecule has 0 aliphatic rings. The van der Waals surface area contributed by atoms with Crippen LogP contribution < -0.4 is 4.72 Å². The van der Waals surface area contributed by atoms with Crippen LogP contribution in [0.15, 0.2) is 11.4 Å². The molecule has 0 spiro atoms. The number of sulfonamides is 1. The zero-order chi connectivity index (χ0) is 9.35. The van der Waals surface area contributed by atoms with E-state index in [4.69, 9.17) is 11.6 Å². The Morgan fingerprint density at radius 1 is 1.67 bits per heavy atom. The Hall–Kier alpha value is -0.590. The third-order valence-corrected chi connectivity index (χ3v) is 3.26. The van der Waals surface area contributed by atoms with Crippen LogP contribution in [-0.4, -0.2) is 25.0 Å². The zero-order valence-electron chi connectivity index (χ0n) is 6.57. The highest BCUT2D eigenvalue weighted by Gasteiger charge is 2.19. The summed E-state index contributed by atoms with van der Waals surface area (Å²) in [6.07, 6.45) is 1.34. The molecular formula is C5H8ClN3O2S. The van der Waals surface area contributed by atoms with Gasteiger partial charge in [0.25, 0.3) is 10.0 Å². The standard InChI is InChI=1S/C5H8ClN3O2S/c1-7-12(10,11)5-4(6)9(2)3-8-5/h3,7H,1-2H3. The minimum Gasteiger partial charge on any atom is -0.324 e. The summed E-state index contributed by atoms with van der Waals surface area (Å²) >= 11 is 5.65. The molecular weight excluding hydrogens is 202 g/mol. The lowest BCUT2D eigenvalue weighted by Gasteiger charge is -1.97. The second-order valence-electron chi connectivity index (χ2n) is 2.16. The van der Waals surface area contributed by atoms with Gasteiger partial charge in [-0.3, -0.25) is 0 Å². The smallest absolute Gasteiger partial charge is 0.260 e. The SMILES string of the molecule is CNS(=O)(=O)c1ncn(C)c1Cl. The molecule has 68 valence electrons. The van der Waals surface area contributed by atoms with E-state index in [2.05, 4.69) is 9.71 Å². The van der Waals surface area contributed by atoms with Gasteiger partial charge in [-0.15, -0.1) is 0 Å². The number of hydrogen-bond donors (Lipinski definition) is 1. The van der Waals surface area contributed by atoms with Crippen molar-refractivity contribution in [1.82, 2.24) is 14.3 Å². The van der Waals surface area contributed by atoms with Crippen molar-refractivity contribution in [3.63, 3.8) is 0 Å². The number of rotatable bonds is 2. The molecule has 0 aliphatic heterocycles. The molecule has 1 heterocycles. The quantitative estimate of drug-likeness (QED) is 0.745. The van der Waals surface area contributed by atoms with Gasteiger partial charge >= 0.3 is 0 Å². The van der Waals surface area contributed by atoms with E-state index in [0.29, 0.717) is 0 Å². The predicted octanol–water partition coefficient (Wildman–Crippen LogP) is -0.0184. The molecule has 7 heteroatoms. The van der Waals surface area contributed by atoms with Crippen molar-refractivity contribution in [3.8, 4) is 0 Å². The van der Waals surface area contributed by atoms with Crippen LogP contribution in [0.2, 0.25) is 5.15 Å². The number of imidazole rings is 1. The van der Waals surface area contributed by atoms with E-state index in [1.165, 1.54) is 17.9 Å². The third-order valence-electron chi connectivity index (χ3n) is 1.36. The third kappa shape index (κ3) is 1.45. The summed E-state index contributed by atoms with van der Waals surface area (Å²) in [5, 5.41) is -0.0430. The van der Waals surface area contributed by atoms with Crippen molar-refractivity contribution in [2.24, 2.45) is 7.05 Å². The van der Waals surface area contributed by atoms with Crippen LogP contribution in [0, 0.1) is 0 Å². The van der Waals surface area contributed by atoms with E-state index in [1.54, 1.807) is 7.05 Å². The van der Waals surface area contributed by atoms with E-state index >= 15 is 0 Å². The van der Waals surface area contributed by atoms with Crippen LogP contribution in [0.4, 0.5) is 0 Å². The Balaban J connectivity index is 3.30. The van der Waals surface area contributed by atoms with E-state index in [1.807, 2.05) is 0 Å². The average Bonchev–Trinajstić information content (AvgIpc) is 2.33. The van der Waals surface area contributed by atoms with Gasteiger partial charge in [-0.2, -0.15) is 0 Å². The molecule has 5 nitrogen and oxygen atoms in total. The maximum Gasteiger partial charge on any atom is 0.260 e.